The van der Waals surface area contributed by atoms with Crippen molar-refractivity contribution in [3.05, 3.63) is 70.5 Å². The van der Waals surface area contributed by atoms with Gasteiger partial charge in [-0.25, -0.2) is 0 Å². The highest BCUT2D eigenvalue weighted by Crippen LogP contribution is 2.26. The Labute approximate surface area is 127 Å². The van der Waals surface area contributed by atoms with Crippen LogP contribution in [0.2, 0.25) is 0 Å². The van der Waals surface area contributed by atoms with E-state index in [9.17, 15) is 0 Å². The number of hydrogen-bond acceptors (Lipinski definition) is 3. The van der Waals surface area contributed by atoms with Crippen LogP contribution >= 0.6 is 11.5 Å². The summed E-state index contributed by atoms with van der Waals surface area (Å²) in [6.45, 7) is 1.68. The summed E-state index contributed by atoms with van der Waals surface area (Å²) in [6, 6.07) is 18.9. The summed E-state index contributed by atoms with van der Waals surface area (Å²) >= 11 is 1.49. The molecular weight excluding hydrogens is 278 g/mol. The van der Waals surface area contributed by atoms with Crippen LogP contribution in [0.5, 0.6) is 0 Å². The first-order valence-corrected chi connectivity index (χ1v) is 7.88. The molecule has 1 aliphatic rings. The topological polar surface area (TPSA) is 30.2 Å². The summed E-state index contributed by atoms with van der Waals surface area (Å²) in [6.07, 6.45) is 1.06. The van der Waals surface area contributed by atoms with Gasteiger partial charge in [0.2, 0.25) is 4.80 Å². The van der Waals surface area contributed by atoms with Crippen molar-refractivity contribution in [2.24, 2.45) is 4.99 Å². The van der Waals surface area contributed by atoms with Gasteiger partial charge < -0.3 is 0 Å². The first-order valence-electron chi connectivity index (χ1n) is 7.11. The second-order valence-corrected chi connectivity index (χ2v) is 5.88. The van der Waals surface area contributed by atoms with E-state index in [0.717, 1.165) is 23.6 Å². The molecule has 0 amide bonds. The number of nitrogens with zero attached hydrogens (tertiary/aromatic N) is 3. The maximum absolute atomic E-state index is 4.74. The summed E-state index contributed by atoms with van der Waals surface area (Å²) in [4.78, 5) is 5.76. The van der Waals surface area contributed by atoms with Gasteiger partial charge in [-0.15, -0.1) is 0 Å². The van der Waals surface area contributed by atoms with Crippen LogP contribution in [0.4, 0.5) is 0 Å². The summed E-state index contributed by atoms with van der Waals surface area (Å²) in [7, 11) is 0. The Kier molecular flexibility index (Phi) is 3.16. The zero-order chi connectivity index (χ0) is 14.1. The lowest BCUT2D eigenvalue weighted by Gasteiger charge is -2.16. The zero-order valence-electron chi connectivity index (χ0n) is 11.6. The molecule has 1 aliphatic heterocycles. The van der Waals surface area contributed by atoms with E-state index in [0.29, 0.717) is 6.54 Å². The van der Waals surface area contributed by atoms with Crippen LogP contribution in [0.3, 0.4) is 0 Å². The second kappa shape index (κ2) is 5.30. The summed E-state index contributed by atoms with van der Waals surface area (Å²) < 4.78 is 6.87. The normalized spacial score (nSPS) is 13.8. The van der Waals surface area contributed by atoms with E-state index in [-0.39, 0.29) is 0 Å². The molecule has 0 saturated heterocycles. The molecule has 2 aromatic carbocycles. The number of hydrogen-bond donors (Lipinski definition) is 0. The largest absolute Gasteiger partial charge is 0.300 e. The van der Waals surface area contributed by atoms with Crippen molar-refractivity contribution in [3.8, 4) is 11.4 Å². The van der Waals surface area contributed by atoms with Crippen molar-refractivity contribution in [1.29, 1.82) is 0 Å². The fourth-order valence-corrected chi connectivity index (χ4v) is 3.48. The molecule has 4 heteroatoms. The second-order valence-electron chi connectivity index (χ2n) is 5.15. The van der Waals surface area contributed by atoms with E-state index in [2.05, 4.69) is 57.5 Å². The minimum absolute atomic E-state index is 0.712. The average Bonchev–Trinajstić information content (AvgIpc) is 2.97. The fourth-order valence-electron chi connectivity index (χ4n) is 2.71. The Bertz CT molecular complexity index is 830. The number of aryl methyl sites for hydroxylation is 1. The predicted molar refractivity (Wildman–Crippen MR) is 85.0 cm³/mol. The minimum Gasteiger partial charge on any atom is -0.300 e. The van der Waals surface area contributed by atoms with Crippen molar-refractivity contribution in [1.82, 2.24) is 8.94 Å². The van der Waals surface area contributed by atoms with Crippen LogP contribution in [0.1, 0.15) is 11.1 Å². The van der Waals surface area contributed by atoms with Gasteiger partial charge in [0.25, 0.3) is 0 Å². The third kappa shape index (κ3) is 2.32. The summed E-state index contributed by atoms with van der Waals surface area (Å²) in [5.74, 6) is 1.06. The Hall–Kier alpha value is -2.20. The Balaban J connectivity index is 1.73. The number of fused-ring (bicyclic) bond motifs is 3. The highest BCUT2D eigenvalue weighted by atomic mass is 32.1. The van der Waals surface area contributed by atoms with Crippen molar-refractivity contribution in [3.63, 3.8) is 0 Å². The van der Waals surface area contributed by atoms with E-state index in [1.54, 1.807) is 0 Å². The number of benzene rings is 2. The zero-order valence-corrected chi connectivity index (χ0v) is 12.4. The molecule has 3 aromatic rings. The average molecular weight is 293 g/mol. The monoisotopic (exact) mass is 293 g/mol. The van der Waals surface area contributed by atoms with Crippen LogP contribution in [0.15, 0.2) is 59.6 Å². The molecule has 1 aromatic heterocycles. The van der Waals surface area contributed by atoms with Crippen LogP contribution < -0.4 is 4.80 Å². The third-order valence-electron chi connectivity index (χ3n) is 3.80. The summed E-state index contributed by atoms with van der Waals surface area (Å²) in [5.41, 5.74) is 3.87. The number of rotatable bonds is 2. The van der Waals surface area contributed by atoms with Gasteiger partial charge in [-0.05, 0) is 17.5 Å². The molecule has 0 atom stereocenters. The lowest BCUT2D eigenvalue weighted by molar-refractivity contribution is 0.653. The van der Waals surface area contributed by atoms with Crippen molar-refractivity contribution in [2.45, 2.75) is 19.5 Å². The van der Waals surface area contributed by atoms with Crippen molar-refractivity contribution < 1.29 is 0 Å². The van der Waals surface area contributed by atoms with Gasteiger partial charge in [0.05, 0.1) is 6.54 Å². The molecule has 0 saturated carbocycles. The predicted octanol–water partition coefficient (Wildman–Crippen LogP) is 3.27. The molecule has 0 N–H and O–H groups in total. The van der Waals surface area contributed by atoms with E-state index in [4.69, 9.17) is 4.99 Å². The first-order chi connectivity index (χ1) is 10.4. The molecule has 3 nitrogen and oxygen atoms in total. The number of aromatic nitrogens is 2. The molecule has 0 bridgehead atoms. The van der Waals surface area contributed by atoms with Gasteiger partial charge in [0, 0.05) is 23.6 Å². The first kappa shape index (κ1) is 12.5. The van der Waals surface area contributed by atoms with Crippen LogP contribution in [0.25, 0.3) is 11.4 Å². The quantitative estimate of drug-likeness (QED) is 0.713. The van der Waals surface area contributed by atoms with Crippen LogP contribution in [-0.4, -0.2) is 8.94 Å². The van der Waals surface area contributed by atoms with E-state index < -0.39 is 0 Å². The maximum Gasteiger partial charge on any atom is 0.204 e. The van der Waals surface area contributed by atoms with Gasteiger partial charge >= 0.3 is 0 Å². The van der Waals surface area contributed by atoms with Gasteiger partial charge in [-0.3, -0.25) is 9.56 Å². The molecular formula is C17H15N3S. The van der Waals surface area contributed by atoms with E-state index >= 15 is 0 Å². The molecule has 0 spiro atoms. The highest BCUT2D eigenvalue weighted by molar-refractivity contribution is 7.03. The summed E-state index contributed by atoms with van der Waals surface area (Å²) in [5, 5.41) is 0. The van der Waals surface area contributed by atoms with Gasteiger partial charge in [0.15, 0.2) is 5.82 Å². The molecule has 21 heavy (non-hydrogen) atoms. The smallest absolute Gasteiger partial charge is 0.204 e. The molecule has 0 unspecified atom stereocenters. The van der Waals surface area contributed by atoms with Gasteiger partial charge in [-0.1, -0.05) is 54.6 Å². The lowest BCUT2D eigenvalue weighted by atomic mass is 10.0. The maximum atomic E-state index is 4.74. The SMILES string of the molecule is c1ccc(CN=c2snc3n2CCc2ccccc2-3)cc1. The molecule has 2 heterocycles. The van der Waals surface area contributed by atoms with E-state index in [1.807, 2.05) is 6.07 Å². The Morgan fingerprint density at radius 1 is 1.05 bits per heavy atom. The third-order valence-corrected chi connectivity index (χ3v) is 4.58. The van der Waals surface area contributed by atoms with Crippen molar-refractivity contribution >= 4 is 11.5 Å². The molecule has 0 radical (unpaired) electrons. The minimum atomic E-state index is 0.712. The van der Waals surface area contributed by atoms with Gasteiger partial charge in [0.1, 0.15) is 0 Å². The lowest BCUT2D eigenvalue weighted by Crippen LogP contribution is -2.21. The Morgan fingerprint density at radius 3 is 2.76 bits per heavy atom. The Morgan fingerprint density at radius 2 is 1.86 bits per heavy atom. The standard InChI is InChI=1S/C17H15N3S/c1-2-6-13(7-3-1)12-18-17-20-11-10-14-8-4-5-9-15(14)16(20)19-21-17/h1-9H,10-12H2. The molecule has 104 valence electrons. The van der Waals surface area contributed by atoms with E-state index in [1.165, 1.54) is 28.2 Å². The van der Waals surface area contributed by atoms with Crippen LogP contribution in [0, 0.1) is 0 Å². The fraction of sp³-hybridized carbons (Fsp3) is 0.176. The highest BCUT2D eigenvalue weighted by Gasteiger charge is 2.18. The molecule has 0 aliphatic carbocycles. The van der Waals surface area contributed by atoms with Gasteiger partial charge in [-0.2, -0.15) is 4.37 Å². The van der Waals surface area contributed by atoms with Crippen LogP contribution in [-0.2, 0) is 19.5 Å². The van der Waals surface area contributed by atoms with Crippen molar-refractivity contribution in [2.75, 3.05) is 0 Å². The molecule has 0 fully saturated rings. The molecule has 4 rings (SSSR count).